The molecule has 2 N–H and O–H groups in total. The summed E-state index contributed by atoms with van der Waals surface area (Å²) in [5.41, 5.74) is -1.31. The van der Waals surface area contributed by atoms with Gasteiger partial charge in [-0.05, 0) is 12.1 Å². The van der Waals surface area contributed by atoms with Crippen LogP contribution in [-0.2, 0) is 9.53 Å². The van der Waals surface area contributed by atoms with E-state index in [1.54, 1.807) is 12.1 Å². The van der Waals surface area contributed by atoms with Crippen molar-refractivity contribution < 1.29 is 19.4 Å². The lowest BCUT2D eigenvalue weighted by Gasteiger charge is -2.23. The highest BCUT2D eigenvalue weighted by molar-refractivity contribution is 7.18. The van der Waals surface area contributed by atoms with Crippen LogP contribution in [0.15, 0.2) is 12.1 Å². The van der Waals surface area contributed by atoms with Crippen LogP contribution in [0.1, 0.15) is 16.1 Å². The van der Waals surface area contributed by atoms with Crippen LogP contribution in [-0.4, -0.2) is 35.7 Å². The summed E-state index contributed by atoms with van der Waals surface area (Å²) in [6.45, 7) is 0.324. The maximum atomic E-state index is 11.8. The first-order chi connectivity index (χ1) is 8.03. The second-order valence-electron chi connectivity index (χ2n) is 3.75. The Balaban J connectivity index is 2.14. The van der Waals surface area contributed by atoms with E-state index in [2.05, 4.69) is 5.32 Å². The van der Waals surface area contributed by atoms with E-state index < -0.39 is 17.4 Å². The molecule has 1 aliphatic heterocycles. The van der Waals surface area contributed by atoms with E-state index in [4.69, 9.17) is 21.4 Å². The molecule has 1 aromatic rings. The van der Waals surface area contributed by atoms with Gasteiger partial charge in [0.2, 0.25) is 0 Å². The number of hydrogen-bond acceptors (Lipinski definition) is 4. The molecule has 92 valence electrons. The third-order valence-corrected chi connectivity index (χ3v) is 3.81. The average molecular weight is 276 g/mol. The van der Waals surface area contributed by atoms with Gasteiger partial charge in [-0.2, -0.15) is 0 Å². The Kier molecular flexibility index (Phi) is 3.37. The molecular formula is C10H10ClNO4S. The van der Waals surface area contributed by atoms with Crippen LogP contribution in [0, 0.1) is 0 Å². The van der Waals surface area contributed by atoms with Crippen molar-refractivity contribution in [2.24, 2.45) is 0 Å². The average Bonchev–Trinajstić information content (AvgIpc) is 2.87. The molecule has 0 saturated carbocycles. The van der Waals surface area contributed by atoms with Crippen LogP contribution < -0.4 is 5.32 Å². The molecule has 0 spiro atoms. The lowest BCUT2D eigenvalue weighted by Crippen LogP contribution is -2.55. The predicted molar refractivity (Wildman–Crippen MR) is 62.6 cm³/mol. The van der Waals surface area contributed by atoms with Crippen LogP contribution in [0.2, 0.25) is 4.34 Å². The zero-order chi connectivity index (χ0) is 12.5. The topological polar surface area (TPSA) is 75.6 Å². The quantitative estimate of drug-likeness (QED) is 0.874. The van der Waals surface area contributed by atoms with Gasteiger partial charge in [0.15, 0.2) is 5.54 Å². The summed E-state index contributed by atoms with van der Waals surface area (Å²) in [6, 6.07) is 3.16. The zero-order valence-corrected chi connectivity index (χ0v) is 10.3. The van der Waals surface area contributed by atoms with Gasteiger partial charge in [0.1, 0.15) is 0 Å². The van der Waals surface area contributed by atoms with E-state index in [0.717, 1.165) is 11.3 Å². The molecule has 1 aromatic heterocycles. The van der Waals surface area contributed by atoms with Crippen molar-refractivity contribution in [3.63, 3.8) is 0 Å². The smallest absolute Gasteiger partial charge is 0.331 e. The van der Waals surface area contributed by atoms with Gasteiger partial charge in [0.05, 0.1) is 15.8 Å². The van der Waals surface area contributed by atoms with Gasteiger partial charge >= 0.3 is 5.97 Å². The van der Waals surface area contributed by atoms with E-state index in [1.165, 1.54) is 0 Å². The second kappa shape index (κ2) is 4.64. The molecule has 1 aliphatic rings. The SMILES string of the molecule is O=C(NC1(C(=O)O)CCOC1)c1ccc(Cl)s1. The number of hydrogen-bond donors (Lipinski definition) is 2. The fourth-order valence-electron chi connectivity index (χ4n) is 1.60. The molecule has 1 saturated heterocycles. The minimum atomic E-state index is -1.31. The lowest BCUT2D eigenvalue weighted by atomic mass is 9.99. The van der Waals surface area contributed by atoms with Crippen molar-refractivity contribution in [1.82, 2.24) is 5.32 Å². The number of carbonyl (C=O) groups is 2. The summed E-state index contributed by atoms with van der Waals surface area (Å²) in [6.07, 6.45) is 0.271. The lowest BCUT2D eigenvalue weighted by molar-refractivity contribution is -0.144. The normalized spacial score (nSPS) is 23.6. The summed E-state index contributed by atoms with van der Waals surface area (Å²) in [5.74, 6) is -1.51. The molecule has 17 heavy (non-hydrogen) atoms. The van der Waals surface area contributed by atoms with E-state index >= 15 is 0 Å². The van der Waals surface area contributed by atoms with E-state index in [0.29, 0.717) is 15.8 Å². The van der Waals surface area contributed by atoms with Gasteiger partial charge in [-0.1, -0.05) is 11.6 Å². The monoisotopic (exact) mass is 275 g/mol. The maximum absolute atomic E-state index is 11.8. The van der Waals surface area contributed by atoms with E-state index in [-0.39, 0.29) is 13.0 Å². The highest BCUT2D eigenvalue weighted by Crippen LogP contribution is 2.24. The Morgan fingerprint density at radius 1 is 1.53 bits per heavy atom. The van der Waals surface area contributed by atoms with Gasteiger partial charge in [-0.25, -0.2) is 4.79 Å². The number of thiophene rings is 1. The van der Waals surface area contributed by atoms with Crippen LogP contribution in [0.3, 0.4) is 0 Å². The third-order valence-electron chi connectivity index (χ3n) is 2.58. The molecule has 5 nitrogen and oxygen atoms in total. The zero-order valence-electron chi connectivity index (χ0n) is 8.73. The van der Waals surface area contributed by atoms with Crippen molar-refractivity contribution in [3.05, 3.63) is 21.3 Å². The minimum absolute atomic E-state index is 0.00677. The molecule has 0 aromatic carbocycles. The molecule has 1 atom stereocenters. The molecule has 7 heteroatoms. The number of carboxylic acids is 1. The first-order valence-corrected chi connectivity index (χ1v) is 6.12. The van der Waals surface area contributed by atoms with Crippen molar-refractivity contribution in [2.75, 3.05) is 13.2 Å². The largest absolute Gasteiger partial charge is 0.479 e. The van der Waals surface area contributed by atoms with Crippen LogP contribution >= 0.6 is 22.9 Å². The fourth-order valence-corrected chi connectivity index (χ4v) is 2.54. The Morgan fingerprint density at radius 3 is 2.76 bits per heavy atom. The fraction of sp³-hybridized carbons (Fsp3) is 0.400. The van der Waals surface area contributed by atoms with Gasteiger partial charge in [-0.3, -0.25) is 4.79 Å². The summed E-state index contributed by atoms with van der Waals surface area (Å²) < 4.78 is 5.53. The standard InChI is InChI=1S/C10H10ClNO4S/c11-7-2-1-6(17-7)8(13)12-10(9(14)15)3-4-16-5-10/h1-2H,3-5H2,(H,12,13)(H,14,15). The molecule has 1 fully saturated rings. The van der Waals surface area contributed by atoms with Gasteiger partial charge in [0.25, 0.3) is 5.91 Å². The van der Waals surface area contributed by atoms with E-state index in [1.807, 2.05) is 0 Å². The Labute approximate surface area is 106 Å². The van der Waals surface area contributed by atoms with E-state index in [9.17, 15) is 9.59 Å². The summed E-state index contributed by atoms with van der Waals surface area (Å²) in [7, 11) is 0. The van der Waals surface area contributed by atoms with Crippen LogP contribution in [0.25, 0.3) is 0 Å². The second-order valence-corrected chi connectivity index (χ2v) is 5.46. The number of aliphatic carboxylic acids is 1. The summed E-state index contributed by atoms with van der Waals surface area (Å²) in [5, 5.41) is 11.7. The Hall–Kier alpha value is -1.11. The van der Waals surface area contributed by atoms with Crippen LogP contribution in [0.4, 0.5) is 0 Å². The summed E-state index contributed by atoms with van der Waals surface area (Å²) >= 11 is 6.83. The number of carboxylic acid groups (broad SMARTS) is 1. The molecule has 2 heterocycles. The van der Waals surface area contributed by atoms with Crippen molar-refractivity contribution >= 4 is 34.8 Å². The van der Waals surface area contributed by atoms with Gasteiger partial charge < -0.3 is 15.2 Å². The van der Waals surface area contributed by atoms with Crippen molar-refractivity contribution in [2.45, 2.75) is 12.0 Å². The number of ether oxygens (including phenoxy) is 1. The third kappa shape index (κ3) is 2.43. The van der Waals surface area contributed by atoms with Crippen molar-refractivity contribution in [3.8, 4) is 0 Å². The minimum Gasteiger partial charge on any atom is -0.479 e. The molecule has 0 bridgehead atoms. The number of carbonyl (C=O) groups excluding carboxylic acids is 1. The van der Waals surface area contributed by atoms with Gasteiger partial charge in [0, 0.05) is 13.0 Å². The predicted octanol–water partition coefficient (Wildman–Crippen LogP) is 1.37. The summed E-state index contributed by atoms with van der Waals surface area (Å²) in [4.78, 5) is 23.4. The van der Waals surface area contributed by atoms with Gasteiger partial charge in [-0.15, -0.1) is 11.3 Å². The number of amides is 1. The first kappa shape index (κ1) is 12.3. The molecule has 1 amide bonds. The maximum Gasteiger partial charge on any atom is 0.331 e. The molecule has 0 aliphatic carbocycles. The number of halogens is 1. The highest BCUT2D eigenvalue weighted by atomic mass is 35.5. The highest BCUT2D eigenvalue weighted by Gasteiger charge is 2.44. The number of rotatable bonds is 3. The molecule has 2 rings (SSSR count). The molecular weight excluding hydrogens is 266 g/mol. The van der Waals surface area contributed by atoms with Crippen LogP contribution in [0.5, 0.6) is 0 Å². The Bertz CT molecular complexity index is 453. The first-order valence-electron chi connectivity index (χ1n) is 4.92. The molecule has 0 radical (unpaired) electrons. The molecule has 1 unspecified atom stereocenters. The number of nitrogens with one attached hydrogen (secondary N) is 1. The van der Waals surface area contributed by atoms with Crippen molar-refractivity contribution in [1.29, 1.82) is 0 Å². The Morgan fingerprint density at radius 2 is 2.29 bits per heavy atom.